The van der Waals surface area contributed by atoms with Gasteiger partial charge in [0.05, 0.1) is 11.1 Å². The summed E-state index contributed by atoms with van der Waals surface area (Å²) < 4.78 is 5.13. The molecule has 0 aliphatic heterocycles. The van der Waals surface area contributed by atoms with E-state index in [0.29, 0.717) is 0 Å². The molecule has 0 radical (unpaired) electrons. The molecule has 76 valence electrons. The van der Waals surface area contributed by atoms with Gasteiger partial charge >= 0.3 is 0 Å². The third kappa shape index (κ3) is 1.58. The first-order chi connectivity index (χ1) is 6.70. The number of nitrogens with zero attached hydrogens (tertiary/aromatic N) is 1. The number of hydrogen-bond donors (Lipinski definition) is 1. The molecule has 14 heavy (non-hydrogen) atoms. The van der Waals surface area contributed by atoms with Crippen LogP contribution < -0.4 is 5.73 Å². The summed E-state index contributed by atoms with van der Waals surface area (Å²) in [6.07, 6.45) is 0. The molecule has 0 spiro atoms. The number of benzene rings is 1. The van der Waals surface area contributed by atoms with E-state index in [2.05, 4.69) is 5.16 Å². The molecule has 0 atom stereocenters. The number of hydrogen-bond acceptors (Lipinski definition) is 3. The number of nitrogens with two attached hydrogens (primary N) is 1. The molecule has 0 bridgehead atoms. The van der Waals surface area contributed by atoms with Crippen LogP contribution in [0.5, 0.6) is 0 Å². The van der Waals surface area contributed by atoms with Crippen molar-refractivity contribution in [3.63, 3.8) is 0 Å². The number of nitrogen functional groups attached to an aromatic ring is 1. The van der Waals surface area contributed by atoms with Crippen molar-refractivity contribution < 1.29 is 4.52 Å². The summed E-state index contributed by atoms with van der Waals surface area (Å²) in [7, 11) is 0. The van der Waals surface area contributed by atoms with E-state index in [1.54, 1.807) is 0 Å². The average Bonchev–Trinajstić information content (AvgIpc) is 2.59. The standard InChI is InChI=1S/C9H10N2O.C2H6/c1-5-3-4-7(10)8-6(2)11-12-9(5)8;1-2/h3-4H,10H2,1-2H3;1-2H3. The van der Waals surface area contributed by atoms with Crippen LogP contribution in [0.1, 0.15) is 25.1 Å². The molecule has 1 aromatic heterocycles. The number of aromatic nitrogens is 1. The second-order valence-corrected chi connectivity index (χ2v) is 2.94. The van der Waals surface area contributed by atoms with Gasteiger partial charge in [-0.1, -0.05) is 25.1 Å². The normalized spacial score (nSPS) is 9.71. The van der Waals surface area contributed by atoms with Crippen LogP contribution in [-0.4, -0.2) is 5.16 Å². The Labute approximate surface area is 83.9 Å². The van der Waals surface area contributed by atoms with Crippen molar-refractivity contribution in [3.05, 3.63) is 23.4 Å². The van der Waals surface area contributed by atoms with Crippen molar-refractivity contribution in [2.75, 3.05) is 5.73 Å². The summed E-state index contributed by atoms with van der Waals surface area (Å²) >= 11 is 0. The summed E-state index contributed by atoms with van der Waals surface area (Å²) in [5.74, 6) is 0. The summed E-state index contributed by atoms with van der Waals surface area (Å²) in [4.78, 5) is 0. The Kier molecular flexibility index (Phi) is 3.12. The highest BCUT2D eigenvalue weighted by Crippen LogP contribution is 2.26. The van der Waals surface area contributed by atoms with E-state index < -0.39 is 0 Å². The van der Waals surface area contributed by atoms with E-state index in [-0.39, 0.29) is 0 Å². The molecule has 2 rings (SSSR count). The minimum absolute atomic E-state index is 0.731. The first-order valence-corrected chi connectivity index (χ1v) is 4.81. The number of fused-ring (bicyclic) bond motifs is 1. The Balaban J connectivity index is 0.000000461. The largest absolute Gasteiger partial charge is 0.398 e. The zero-order valence-corrected chi connectivity index (χ0v) is 9.09. The van der Waals surface area contributed by atoms with Gasteiger partial charge in [0, 0.05) is 5.69 Å². The maximum absolute atomic E-state index is 5.77. The molecule has 3 nitrogen and oxygen atoms in total. The zero-order valence-electron chi connectivity index (χ0n) is 9.09. The molecule has 0 amide bonds. The van der Waals surface area contributed by atoms with Crippen molar-refractivity contribution in [1.29, 1.82) is 0 Å². The third-order valence-corrected chi connectivity index (χ3v) is 2.02. The third-order valence-electron chi connectivity index (χ3n) is 2.02. The number of aryl methyl sites for hydroxylation is 2. The lowest BCUT2D eigenvalue weighted by Crippen LogP contribution is -1.87. The summed E-state index contributed by atoms with van der Waals surface area (Å²) in [5, 5.41) is 4.80. The van der Waals surface area contributed by atoms with Crippen molar-refractivity contribution in [3.8, 4) is 0 Å². The quantitative estimate of drug-likeness (QED) is 0.653. The van der Waals surface area contributed by atoms with Crippen molar-refractivity contribution in [2.24, 2.45) is 0 Å². The fourth-order valence-electron chi connectivity index (χ4n) is 1.35. The van der Waals surface area contributed by atoms with Crippen LogP contribution in [0.4, 0.5) is 5.69 Å². The van der Waals surface area contributed by atoms with Crippen LogP contribution in [0, 0.1) is 13.8 Å². The van der Waals surface area contributed by atoms with E-state index in [4.69, 9.17) is 10.3 Å². The molecule has 2 N–H and O–H groups in total. The van der Waals surface area contributed by atoms with E-state index >= 15 is 0 Å². The summed E-state index contributed by atoms with van der Waals surface area (Å²) in [6.45, 7) is 7.87. The highest BCUT2D eigenvalue weighted by atomic mass is 16.5. The lowest BCUT2D eigenvalue weighted by atomic mass is 10.1. The molecule has 0 saturated carbocycles. The zero-order chi connectivity index (χ0) is 10.7. The summed E-state index contributed by atoms with van der Waals surface area (Å²) in [5.41, 5.74) is 9.22. The molecule has 0 aliphatic rings. The number of anilines is 1. The SMILES string of the molecule is CC.Cc1ccc(N)c2c(C)noc12. The van der Waals surface area contributed by atoms with E-state index in [9.17, 15) is 0 Å². The van der Waals surface area contributed by atoms with Crippen LogP contribution >= 0.6 is 0 Å². The maximum atomic E-state index is 5.77. The Hall–Kier alpha value is -1.51. The molecule has 0 aliphatic carbocycles. The van der Waals surface area contributed by atoms with Crippen LogP contribution in [0.15, 0.2) is 16.7 Å². The molecular formula is C11H16N2O. The highest BCUT2D eigenvalue weighted by molar-refractivity contribution is 5.92. The summed E-state index contributed by atoms with van der Waals surface area (Å²) in [6, 6.07) is 3.81. The maximum Gasteiger partial charge on any atom is 0.172 e. The van der Waals surface area contributed by atoms with E-state index in [0.717, 1.165) is 27.9 Å². The van der Waals surface area contributed by atoms with Crippen molar-refractivity contribution in [1.82, 2.24) is 5.16 Å². The highest BCUT2D eigenvalue weighted by Gasteiger charge is 2.08. The Morgan fingerprint density at radius 1 is 1.21 bits per heavy atom. The van der Waals surface area contributed by atoms with Gasteiger partial charge in [0.2, 0.25) is 0 Å². The van der Waals surface area contributed by atoms with Gasteiger partial charge in [-0.25, -0.2) is 0 Å². The number of rotatable bonds is 0. The molecule has 3 heteroatoms. The second-order valence-electron chi connectivity index (χ2n) is 2.94. The lowest BCUT2D eigenvalue weighted by Gasteiger charge is -1.96. The van der Waals surface area contributed by atoms with Crippen molar-refractivity contribution in [2.45, 2.75) is 27.7 Å². The van der Waals surface area contributed by atoms with Crippen LogP contribution in [-0.2, 0) is 0 Å². The van der Waals surface area contributed by atoms with Gasteiger partial charge in [-0.3, -0.25) is 0 Å². The minimum Gasteiger partial charge on any atom is -0.398 e. The fourth-order valence-corrected chi connectivity index (χ4v) is 1.35. The van der Waals surface area contributed by atoms with Gasteiger partial charge in [-0.15, -0.1) is 0 Å². The monoisotopic (exact) mass is 192 g/mol. The predicted octanol–water partition coefficient (Wildman–Crippen LogP) is 3.05. The minimum atomic E-state index is 0.731. The van der Waals surface area contributed by atoms with Gasteiger partial charge in [0.1, 0.15) is 0 Å². The molecule has 2 aromatic rings. The molecule has 0 unspecified atom stereocenters. The Morgan fingerprint density at radius 2 is 1.86 bits per heavy atom. The van der Waals surface area contributed by atoms with Gasteiger partial charge in [-0.2, -0.15) is 0 Å². The molecule has 1 heterocycles. The topological polar surface area (TPSA) is 52.0 Å². The Morgan fingerprint density at radius 3 is 2.43 bits per heavy atom. The molecule has 0 fully saturated rings. The first-order valence-electron chi connectivity index (χ1n) is 4.81. The predicted molar refractivity (Wildman–Crippen MR) is 59.2 cm³/mol. The van der Waals surface area contributed by atoms with Gasteiger partial charge in [-0.05, 0) is 25.5 Å². The van der Waals surface area contributed by atoms with Gasteiger partial charge in [0.15, 0.2) is 5.58 Å². The molecule has 1 aromatic carbocycles. The average molecular weight is 192 g/mol. The van der Waals surface area contributed by atoms with Crippen LogP contribution in [0.2, 0.25) is 0 Å². The van der Waals surface area contributed by atoms with E-state index in [1.165, 1.54) is 0 Å². The lowest BCUT2D eigenvalue weighted by molar-refractivity contribution is 0.449. The van der Waals surface area contributed by atoms with Crippen molar-refractivity contribution >= 4 is 16.7 Å². The van der Waals surface area contributed by atoms with Gasteiger partial charge in [0.25, 0.3) is 0 Å². The first kappa shape index (κ1) is 10.6. The smallest absolute Gasteiger partial charge is 0.172 e. The molecular weight excluding hydrogens is 176 g/mol. The van der Waals surface area contributed by atoms with Crippen LogP contribution in [0.3, 0.4) is 0 Å². The second kappa shape index (κ2) is 4.13. The Bertz CT molecular complexity index is 432. The fraction of sp³-hybridized carbons (Fsp3) is 0.364. The van der Waals surface area contributed by atoms with E-state index in [1.807, 2.05) is 39.8 Å². The van der Waals surface area contributed by atoms with Gasteiger partial charge < -0.3 is 10.3 Å². The molecule has 0 saturated heterocycles. The van der Waals surface area contributed by atoms with Crippen LogP contribution in [0.25, 0.3) is 11.0 Å².